The maximum atomic E-state index is 12.6. The van der Waals surface area contributed by atoms with Crippen molar-refractivity contribution in [2.24, 2.45) is 0 Å². The zero-order chi connectivity index (χ0) is 17.7. The van der Waals surface area contributed by atoms with Gasteiger partial charge in [0.2, 0.25) is 11.8 Å². The fraction of sp³-hybridized carbons (Fsp3) is 0.400. The molecule has 2 rings (SSSR count). The molecule has 0 aliphatic carbocycles. The molecule has 1 aliphatic heterocycles. The van der Waals surface area contributed by atoms with Gasteiger partial charge in [0.25, 0.3) is 0 Å². The highest BCUT2D eigenvalue weighted by Crippen LogP contribution is 2.29. The van der Waals surface area contributed by atoms with Crippen LogP contribution < -0.4 is 16.0 Å². The number of hydrogen-bond acceptors (Lipinski definition) is 3. The van der Waals surface area contributed by atoms with Gasteiger partial charge in [-0.1, -0.05) is 18.2 Å². The molecule has 1 heterocycles. The van der Waals surface area contributed by atoms with Gasteiger partial charge in [0, 0.05) is 13.0 Å². The summed E-state index contributed by atoms with van der Waals surface area (Å²) in [7, 11) is 0. The third kappa shape index (κ3) is 4.97. The van der Waals surface area contributed by atoms with Gasteiger partial charge in [0.05, 0.1) is 5.56 Å². The minimum atomic E-state index is -4.41. The molecule has 0 aromatic heterocycles. The van der Waals surface area contributed by atoms with Gasteiger partial charge in [-0.05, 0) is 24.5 Å². The molecule has 3 N–H and O–H groups in total. The summed E-state index contributed by atoms with van der Waals surface area (Å²) in [4.78, 5) is 34.5. The van der Waals surface area contributed by atoms with Crippen molar-refractivity contribution in [3.8, 4) is 0 Å². The zero-order valence-electron chi connectivity index (χ0n) is 12.6. The second kappa shape index (κ2) is 7.33. The number of carbonyl (C=O) groups is 3. The third-order valence-corrected chi connectivity index (χ3v) is 3.50. The fourth-order valence-electron chi connectivity index (χ4n) is 2.28. The molecular weight excluding hydrogens is 327 g/mol. The topological polar surface area (TPSA) is 87.3 Å². The van der Waals surface area contributed by atoms with Crippen LogP contribution in [-0.4, -0.2) is 30.4 Å². The summed E-state index contributed by atoms with van der Waals surface area (Å²) < 4.78 is 37.9. The number of nitrogens with one attached hydrogen (secondary N) is 3. The van der Waals surface area contributed by atoms with E-state index in [0.29, 0.717) is 5.56 Å². The van der Waals surface area contributed by atoms with Crippen molar-refractivity contribution in [2.75, 3.05) is 6.54 Å². The van der Waals surface area contributed by atoms with Crippen LogP contribution in [0.1, 0.15) is 24.0 Å². The monoisotopic (exact) mass is 343 g/mol. The zero-order valence-corrected chi connectivity index (χ0v) is 12.6. The molecule has 6 nitrogen and oxygen atoms in total. The van der Waals surface area contributed by atoms with Crippen LogP contribution in [0, 0.1) is 0 Å². The summed E-state index contributed by atoms with van der Waals surface area (Å²) in [6, 6.07) is 3.27. The second-order valence-corrected chi connectivity index (χ2v) is 5.35. The molecule has 0 bridgehead atoms. The van der Waals surface area contributed by atoms with Crippen molar-refractivity contribution >= 4 is 17.8 Å². The molecule has 0 spiro atoms. The van der Waals surface area contributed by atoms with Crippen LogP contribution in [-0.2, 0) is 22.2 Å². The fourth-order valence-corrected chi connectivity index (χ4v) is 2.28. The van der Waals surface area contributed by atoms with E-state index in [1.54, 1.807) is 0 Å². The first kappa shape index (κ1) is 17.8. The Bertz CT molecular complexity index is 646. The van der Waals surface area contributed by atoms with Crippen molar-refractivity contribution in [3.05, 3.63) is 35.4 Å². The predicted molar refractivity (Wildman–Crippen MR) is 77.9 cm³/mol. The number of rotatable bonds is 4. The van der Waals surface area contributed by atoms with E-state index >= 15 is 0 Å². The molecule has 0 radical (unpaired) electrons. The number of imide groups is 1. The molecule has 1 aromatic rings. The van der Waals surface area contributed by atoms with Crippen LogP contribution in [0.2, 0.25) is 0 Å². The average molecular weight is 343 g/mol. The number of urea groups is 1. The van der Waals surface area contributed by atoms with E-state index in [2.05, 4.69) is 16.0 Å². The number of benzene rings is 1. The molecule has 1 atom stereocenters. The minimum absolute atomic E-state index is 0.0322. The normalized spacial score (nSPS) is 18.4. The highest BCUT2D eigenvalue weighted by molar-refractivity contribution is 5.98. The highest BCUT2D eigenvalue weighted by Gasteiger charge is 2.30. The van der Waals surface area contributed by atoms with Crippen molar-refractivity contribution in [1.82, 2.24) is 16.0 Å². The first-order chi connectivity index (χ1) is 11.3. The number of carbonyl (C=O) groups excluding carboxylic acids is 3. The molecule has 0 saturated carbocycles. The van der Waals surface area contributed by atoms with Gasteiger partial charge >= 0.3 is 12.2 Å². The van der Waals surface area contributed by atoms with Crippen LogP contribution >= 0.6 is 0 Å². The molecule has 1 unspecified atom stereocenters. The summed E-state index contributed by atoms with van der Waals surface area (Å²) in [5, 5.41) is 6.96. The van der Waals surface area contributed by atoms with Crippen LogP contribution in [0.15, 0.2) is 24.3 Å². The molecule has 4 amide bonds. The smallest absolute Gasteiger partial charge is 0.354 e. The predicted octanol–water partition coefficient (Wildman–Crippen LogP) is 1.35. The summed E-state index contributed by atoms with van der Waals surface area (Å²) in [5.41, 5.74) is -0.307. The Morgan fingerprint density at radius 2 is 2.04 bits per heavy atom. The molecule has 130 valence electrons. The molecule has 24 heavy (non-hydrogen) atoms. The Kier molecular flexibility index (Phi) is 5.42. The molecule has 1 saturated heterocycles. The molecular formula is C15H16F3N3O3. The van der Waals surface area contributed by atoms with Crippen LogP contribution in [0.4, 0.5) is 18.0 Å². The number of amides is 4. The van der Waals surface area contributed by atoms with Gasteiger partial charge < -0.3 is 10.6 Å². The Labute approximate surface area is 135 Å². The lowest BCUT2D eigenvalue weighted by Crippen LogP contribution is -2.48. The number of alkyl halides is 3. The first-order valence-corrected chi connectivity index (χ1v) is 7.30. The van der Waals surface area contributed by atoms with Crippen molar-refractivity contribution in [3.63, 3.8) is 0 Å². The van der Waals surface area contributed by atoms with E-state index in [9.17, 15) is 27.6 Å². The summed E-state index contributed by atoms with van der Waals surface area (Å²) >= 11 is 0. The van der Waals surface area contributed by atoms with E-state index in [-0.39, 0.29) is 25.8 Å². The standard InChI is InChI=1S/C15H16F3N3O3/c16-15(17,18)10-3-1-2-9(8-10)6-7-19-13(23)11-4-5-12(22)21-14(24)20-11/h1-3,8,11H,4-7H2,(H,19,23)(H2,20,21,22,24). The van der Waals surface area contributed by atoms with Gasteiger partial charge in [0.1, 0.15) is 6.04 Å². The molecule has 1 fully saturated rings. The summed E-state index contributed by atoms with van der Waals surface area (Å²) in [5.74, 6) is -0.946. The molecule has 1 aliphatic rings. The van der Waals surface area contributed by atoms with Gasteiger partial charge in [-0.2, -0.15) is 13.2 Å². The highest BCUT2D eigenvalue weighted by atomic mass is 19.4. The van der Waals surface area contributed by atoms with Crippen molar-refractivity contribution in [2.45, 2.75) is 31.5 Å². The van der Waals surface area contributed by atoms with E-state index in [0.717, 1.165) is 12.1 Å². The van der Waals surface area contributed by atoms with E-state index in [1.807, 2.05) is 0 Å². The second-order valence-electron chi connectivity index (χ2n) is 5.35. The van der Waals surface area contributed by atoms with E-state index in [1.165, 1.54) is 12.1 Å². The maximum Gasteiger partial charge on any atom is 0.416 e. The molecule has 1 aromatic carbocycles. The van der Waals surface area contributed by atoms with E-state index < -0.39 is 35.6 Å². The largest absolute Gasteiger partial charge is 0.416 e. The van der Waals surface area contributed by atoms with E-state index in [4.69, 9.17) is 0 Å². The lowest BCUT2D eigenvalue weighted by atomic mass is 10.1. The van der Waals surface area contributed by atoms with Crippen LogP contribution in [0.5, 0.6) is 0 Å². The Morgan fingerprint density at radius 3 is 2.75 bits per heavy atom. The lowest BCUT2D eigenvalue weighted by molar-refractivity contribution is -0.137. The third-order valence-electron chi connectivity index (χ3n) is 3.50. The van der Waals surface area contributed by atoms with Gasteiger partial charge in [0.15, 0.2) is 0 Å². The Balaban J connectivity index is 1.86. The van der Waals surface area contributed by atoms with Crippen LogP contribution in [0.25, 0.3) is 0 Å². The average Bonchev–Trinajstić information content (AvgIpc) is 2.67. The lowest BCUT2D eigenvalue weighted by Gasteiger charge is -2.15. The SMILES string of the molecule is O=C1CCC(C(=O)NCCc2cccc(C(F)(F)F)c2)NC(=O)N1. The Hall–Kier alpha value is -2.58. The van der Waals surface area contributed by atoms with Crippen molar-refractivity contribution in [1.29, 1.82) is 0 Å². The molecule has 9 heteroatoms. The van der Waals surface area contributed by atoms with Gasteiger partial charge in [-0.3, -0.25) is 14.9 Å². The van der Waals surface area contributed by atoms with Crippen molar-refractivity contribution < 1.29 is 27.6 Å². The number of hydrogen-bond donors (Lipinski definition) is 3. The van der Waals surface area contributed by atoms with Crippen LogP contribution in [0.3, 0.4) is 0 Å². The Morgan fingerprint density at radius 1 is 1.29 bits per heavy atom. The van der Waals surface area contributed by atoms with Gasteiger partial charge in [-0.25, -0.2) is 4.79 Å². The maximum absolute atomic E-state index is 12.6. The first-order valence-electron chi connectivity index (χ1n) is 7.30. The number of halogens is 3. The summed E-state index contributed by atoms with van der Waals surface area (Å²) in [6.07, 6.45) is -4.01. The van der Waals surface area contributed by atoms with Gasteiger partial charge in [-0.15, -0.1) is 0 Å². The minimum Gasteiger partial charge on any atom is -0.354 e. The quantitative estimate of drug-likeness (QED) is 0.771. The summed E-state index contributed by atoms with van der Waals surface area (Å²) in [6.45, 7) is 0.119.